The Labute approximate surface area is 119 Å². The van der Waals surface area contributed by atoms with Gasteiger partial charge in [0.05, 0.1) is 5.69 Å². The van der Waals surface area contributed by atoms with Crippen molar-refractivity contribution >= 4 is 21.6 Å². The van der Waals surface area contributed by atoms with Gasteiger partial charge in [0.25, 0.3) is 0 Å². The van der Waals surface area contributed by atoms with E-state index in [1.54, 1.807) is 0 Å². The third kappa shape index (κ3) is 2.89. The molecule has 0 aliphatic carbocycles. The quantitative estimate of drug-likeness (QED) is 0.916. The van der Waals surface area contributed by atoms with Crippen molar-refractivity contribution in [3.05, 3.63) is 28.2 Å². The monoisotopic (exact) mass is 310 g/mol. The molecule has 0 spiro atoms. The molecule has 100 valence electrons. The van der Waals surface area contributed by atoms with Crippen molar-refractivity contribution in [3.63, 3.8) is 0 Å². The third-order valence-electron chi connectivity index (χ3n) is 4.41. The summed E-state index contributed by atoms with van der Waals surface area (Å²) in [6, 6.07) is 6.47. The molecule has 1 fully saturated rings. The van der Waals surface area contributed by atoms with Gasteiger partial charge in [-0.15, -0.1) is 0 Å². The van der Waals surface area contributed by atoms with Crippen LogP contribution >= 0.6 is 15.9 Å². The molecule has 1 saturated heterocycles. The Morgan fingerprint density at radius 1 is 1.33 bits per heavy atom. The third-order valence-corrected chi connectivity index (χ3v) is 5.05. The standard InChI is InChI=1S/C15H23BrN2/c1-3-15(2)6-8-18(9-7-15)14-5-4-12(11-17)10-13(14)16/h4-5,10H,3,6-9,11,17H2,1-2H3. The summed E-state index contributed by atoms with van der Waals surface area (Å²) in [5.74, 6) is 0. The van der Waals surface area contributed by atoms with E-state index in [1.165, 1.54) is 35.0 Å². The summed E-state index contributed by atoms with van der Waals surface area (Å²) in [4.78, 5) is 2.49. The fourth-order valence-corrected chi connectivity index (χ4v) is 3.25. The van der Waals surface area contributed by atoms with Crippen molar-refractivity contribution in [2.75, 3.05) is 18.0 Å². The Bertz CT molecular complexity index is 409. The summed E-state index contributed by atoms with van der Waals surface area (Å²) in [7, 11) is 0. The van der Waals surface area contributed by atoms with Crippen LogP contribution in [-0.4, -0.2) is 13.1 Å². The Kier molecular flexibility index (Phi) is 4.33. The van der Waals surface area contributed by atoms with Crippen LogP contribution in [0.2, 0.25) is 0 Å². The molecule has 2 rings (SSSR count). The molecule has 18 heavy (non-hydrogen) atoms. The summed E-state index contributed by atoms with van der Waals surface area (Å²) in [6.45, 7) is 7.64. The van der Waals surface area contributed by atoms with E-state index in [0.717, 1.165) is 13.1 Å². The molecule has 0 unspecified atom stereocenters. The normalized spacial score (nSPS) is 19.0. The maximum absolute atomic E-state index is 5.67. The SMILES string of the molecule is CCC1(C)CCN(c2ccc(CN)cc2Br)CC1. The molecule has 0 aromatic heterocycles. The first-order valence-corrected chi connectivity index (χ1v) is 7.61. The summed E-state index contributed by atoms with van der Waals surface area (Å²) in [5, 5.41) is 0. The minimum absolute atomic E-state index is 0.542. The van der Waals surface area contributed by atoms with Crippen LogP contribution in [-0.2, 0) is 6.54 Å². The highest BCUT2D eigenvalue weighted by Crippen LogP contribution is 2.37. The van der Waals surface area contributed by atoms with Crippen molar-refractivity contribution in [2.24, 2.45) is 11.1 Å². The molecule has 0 bridgehead atoms. The highest BCUT2D eigenvalue weighted by atomic mass is 79.9. The van der Waals surface area contributed by atoms with Gasteiger partial charge in [0.1, 0.15) is 0 Å². The molecule has 1 aliphatic heterocycles. The first-order valence-electron chi connectivity index (χ1n) is 6.81. The number of hydrogen-bond donors (Lipinski definition) is 1. The first kappa shape index (κ1) is 13.9. The molecular formula is C15H23BrN2. The highest BCUT2D eigenvalue weighted by molar-refractivity contribution is 9.10. The number of nitrogens with two attached hydrogens (primary N) is 1. The molecule has 3 heteroatoms. The Hall–Kier alpha value is -0.540. The van der Waals surface area contributed by atoms with E-state index in [9.17, 15) is 0 Å². The minimum atomic E-state index is 0.542. The maximum atomic E-state index is 5.67. The number of rotatable bonds is 3. The maximum Gasteiger partial charge on any atom is 0.0510 e. The van der Waals surface area contributed by atoms with Gasteiger partial charge in [-0.3, -0.25) is 0 Å². The molecule has 1 aromatic rings. The van der Waals surface area contributed by atoms with Crippen molar-refractivity contribution in [1.29, 1.82) is 0 Å². The molecule has 1 heterocycles. The fraction of sp³-hybridized carbons (Fsp3) is 0.600. The van der Waals surface area contributed by atoms with Crippen LogP contribution in [0.25, 0.3) is 0 Å². The lowest BCUT2D eigenvalue weighted by molar-refractivity contribution is 0.238. The van der Waals surface area contributed by atoms with Crippen molar-refractivity contribution in [1.82, 2.24) is 0 Å². The number of nitrogens with zero attached hydrogens (tertiary/aromatic N) is 1. The second-order valence-electron chi connectivity index (χ2n) is 5.64. The van der Waals surface area contributed by atoms with Gasteiger partial charge in [-0.25, -0.2) is 0 Å². The van der Waals surface area contributed by atoms with Gasteiger partial charge < -0.3 is 10.6 Å². The van der Waals surface area contributed by atoms with E-state index >= 15 is 0 Å². The topological polar surface area (TPSA) is 29.3 Å². The zero-order valence-corrected chi connectivity index (χ0v) is 13.0. The number of benzene rings is 1. The van der Waals surface area contributed by atoms with Crippen LogP contribution in [0.3, 0.4) is 0 Å². The number of hydrogen-bond acceptors (Lipinski definition) is 2. The molecule has 1 aliphatic rings. The van der Waals surface area contributed by atoms with Crippen LogP contribution in [0.15, 0.2) is 22.7 Å². The summed E-state index contributed by atoms with van der Waals surface area (Å²) in [5.41, 5.74) is 8.70. The van der Waals surface area contributed by atoms with Crippen LogP contribution in [0, 0.1) is 5.41 Å². The van der Waals surface area contributed by atoms with E-state index in [-0.39, 0.29) is 0 Å². The Morgan fingerprint density at radius 3 is 2.50 bits per heavy atom. The summed E-state index contributed by atoms with van der Waals surface area (Å²) >= 11 is 3.67. The Balaban J connectivity index is 2.10. The number of piperidine rings is 1. The average molecular weight is 311 g/mol. The van der Waals surface area contributed by atoms with Crippen molar-refractivity contribution in [3.8, 4) is 0 Å². The van der Waals surface area contributed by atoms with Crippen molar-refractivity contribution in [2.45, 2.75) is 39.7 Å². The molecule has 0 radical (unpaired) electrons. The van der Waals surface area contributed by atoms with E-state index in [4.69, 9.17) is 5.73 Å². The zero-order chi connectivity index (χ0) is 13.2. The average Bonchev–Trinajstić information content (AvgIpc) is 2.40. The molecule has 0 atom stereocenters. The predicted molar refractivity (Wildman–Crippen MR) is 81.9 cm³/mol. The van der Waals surface area contributed by atoms with Gasteiger partial charge in [0.15, 0.2) is 0 Å². The largest absolute Gasteiger partial charge is 0.371 e. The second kappa shape index (κ2) is 5.62. The van der Waals surface area contributed by atoms with E-state index in [0.29, 0.717) is 12.0 Å². The lowest BCUT2D eigenvalue weighted by Crippen LogP contribution is -2.38. The van der Waals surface area contributed by atoms with Gasteiger partial charge in [0, 0.05) is 24.1 Å². The molecule has 0 saturated carbocycles. The van der Waals surface area contributed by atoms with E-state index in [2.05, 4.69) is 52.9 Å². The van der Waals surface area contributed by atoms with Crippen LogP contribution < -0.4 is 10.6 Å². The summed E-state index contributed by atoms with van der Waals surface area (Å²) in [6.07, 6.45) is 3.86. The lowest BCUT2D eigenvalue weighted by Gasteiger charge is -2.40. The van der Waals surface area contributed by atoms with Crippen LogP contribution in [0.5, 0.6) is 0 Å². The fourth-order valence-electron chi connectivity index (χ4n) is 2.57. The number of anilines is 1. The van der Waals surface area contributed by atoms with Crippen LogP contribution in [0.4, 0.5) is 5.69 Å². The van der Waals surface area contributed by atoms with E-state index < -0.39 is 0 Å². The molecule has 2 nitrogen and oxygen atoms in total. The highest BCUT2D eigenvalue weighted by Gasteiger charge is 2.28. The second-order valence-corrected chi connectivity index (χ2v) is 6.50. The van der Waals surface area contributed by atoms with E-state index in [1.807, 2.05) is 0 Å². The van der Waals surface area contributed by atoms with Gasteiger partial charge in [-0.1, -0.05) is 26.3 Å². The number of halogens is 1. The smallest absolute Gasteiger partial charge is 0.0510 e. The molecule has 0 amide bonds. The first-order chi connectivity index (χ1) is 8.58. The minimum Gasteiger partial charge on any atom is -0.371 e. The van der Waals surface area contributed by atoms with Gasteiger partial charge >= 0.3 is 0 Å². The van der Waals surface area contributed by atoms with Gasteiger partial charge in [0.2, 0.25) is 0 Å². The molecule has 2 N–H and O–H groups in total. The lowest BCUT2D eigenvalue weighted by atomic mass is 9.78. The van der Waals surface area contributed by atoms with Gasteiger partial charge in [-0.05, 0) is 51.9 Å². The van der Waals surface area contributed by atoms with Crippen LogP contribution in [0.1, 0.15) is 38.7 Å². The zero-order valence-electron chi connectivity index (χ0n) is 11.4. The Morgan fingerprint density at radius 2 is 2.00 bits per heavy atom. The van der Waals surface area contributed by atoms with Gasteiger partial charge in [-0.2, -0.15) is 0 Å². The molecular weight excluding hydrogens is 288 g/mol. The molecule has 1 aromatic carbocycles. The van der Waals surface area contributed by atoms with Crippen molar-refractivity contribution < 1.29 is 0 Å². The predicted octanol–water partition coefficient (Wildman–Crippen LogP) is 3.92. The summed E-state index contributed by atoms with van der Waals surface area (Å²) < 4.78 is 1.17.